The number of rotatable bonds is 7. The zero-order chi connectivity index (χ0) is 25.4. The van der Waals surface area contributed by atoms with Crippen molar-refractivity contribution in [1.29, 1.82) is 0 Å². The van der Waals surface area contributed by atoms with Gasteiger partial charge in [-0.3, -0.25) is 4.57 Å². The zero-order valence-electron chi connectivity index (χ0n) is 19.8. The van der Waals surface area contributed by atoms with Crippen molar-refractivity contribution in [3.8, 4) is 11.7 Å². The third-order valence-corrected chi connectivity index (χ3v) is 7.42. The predicted octanol–water partition coefficient (Wildman–Crippen LogP) is 1.44. The predicted molar refractivity (Wildman–Crippen MR) is 127 cm³/mol. The summed E-state index contributed by atoms with van der Waals surface area (Å²) >= 11 is 0. The van der Waals surface area contributed by atoms with Gasteiger partial charge in [-0.1, -0.05) is 6.07 Å². The van der Waals surface area contributed by atoms with E-state index in [1.165, 1.54) is 16.0 Å². The number of imidazole rings is 1. The van der Waals surface area contributed by atoms with Crippen molar-refractivity contribution in [1.82, 2.24) is 28.8 Å². The van der Waals surface area contributed by atoms with Crippen molar-refractivity contribution in [3.05, 3.63) is 24.0 Å². The summed E-state index contributed by atoms with van der Waals surface area (Å²) in [5, 5.41) is 3.17. The Balaban J connectivity index is 1.60. The average Bonchev–Trinajstić information content (AvgIpc) is 3.49. The van der Waals surface area contributed by atoms with Crippen LogP contribution in [0.3, 0.4) is 0 Å². The van der Waals surface area contributed by atoms with E-state index in [1.54, 1.807) is 18.2 Å². The Morgan fingerprint density at radius 3 is 2.53 bits per heavy atom. The van der Waals surface area contributed by atoms with Crippen LogP contribution in [0.1, 0.15) is 18.7 Å². The van der Waals surface area contributed by atoms with E-state index in [9.17, 15) is 17.2 Å². The number of sulfonamides is 1. The fraction of sp³-hybridized carbons (Fsp3) is 0.524. The highest BCUT2D eigenvalue weighted by molar-refractivity contribution is 7.88. The topological polar surface area (TPSA) is 128 Å². The van der Waals surface area contributed by atoms with Gasteiger partial charge >= 0.3 is 0 Å². The Kier molecular flexibility index (Phi) is 6.61. The fourth-order valence-corrected chi connectivity index (χ4v) is 5.25. The lowest BCUT2D eigenvalue weighted by atomic mass is 10.3. The number of ether oxygens (including phenoxy) is 2. The molecule has 5 rings (SSSR count). The molecule has 0 saturated carbocycles. The molecule has 0 radical (unpaired) electrons. The first kappa shape index (κ1) is 24.5. The summed E-state index contributed by atoms with van der Waals surface area (Å²) in [7, 11) is -1.89. The molecule has 4 heterocycles. The van der Waals surface area contributed by atoms with Crippen molar-refractivity contribution < 1.29 is 26.7 Å². The molecular weight excluding hydrogens is 498 g/mol. The van der Waals surface area contributed by atoms with Crippen molar-refractivity contribution in [2.45, 2.75) is 18.9 Å². The van der Waals surface area contributed by atoms with Crippen LogP contribution in [0.25, 0.3) is 17.0 Å². The molecule has 3 aromatic rings. The van der Waals surface area contributed by atoms with Gasteiger partial charge in [-0.2, -0.15) is 15.0 Å². The summed E-state index contributed by atoms with van der Waals surface area (Å²) in [4.78, 5) is 19.5. The van der Waals surface area contributed by atoms with E-state index in [1.807, 2.05) is 4.90 Å². The number of fused-ring (bicyclic) bond motifs is 1. The number of hydrogen-bond donors (Lipinski definition) is 1. The van der Waals surface area contributed by atoms with Crippen LogP contribution < -0.4 is 15.0 Å². The normalized spacial score (nSPS) is 19.4. The zero-order valence-corrected chi connectivity index (χ0v) is 20.6. The Bertz CT molecular complexity index is 1360. The Morgan fingerprint density at radius 1 is 1.11 bits per heavy atom. The van der Waals surface area contributed by atoms with Crippen LogP contribution in [0, 0.1) is 0 Å². The molecule has 15 heteroatoms. The lowest BCUT2D eigenvalue weighted by molar-refractivity contribution is 0.122. The summed E-state index contributed by atoms with van der Waals surface area (Å²) in [5.41, 5.74) is 0.622. The molecule has 1 unspecified atom stereocenters. The number of hydrogen-bond acceptors (Lipinski definition) is 10. The summed E-state index contributed by atoms with van der Waals surface area (Å²) in [5.74, 6) is 0.253. The minimum absolute atomic E-state index is 0.0296. The van der Waals surface area contributed by atoms with E-state index in [0.717, 1.165) is 6.26 Å². The van der Waals surface area contributed by atoms with Gasteiger partial charge in [0, 0.05) is 32.2 Å². The number of methoxy groups -OCH3 is 1. The SMILES string of the molecule is COc1cccc2c1nc(C(F)F)n2-c1nc(NC2CCN(S(C)(=O)=O)C2)nc(N2CCOCC2)n1. The Morgan fingerprint density at radius 2 is 1.86 bits per heavy atom. The van der Waals surface area contributed by atoms with Gasteiger partial charge in [0.25, 0.3) is 6.43 Å². The van der Waals surface area contributed by atoms with Gasteiger partial charge in [-0.05, 0) is 18.6 Å². The van der Waals surface area contributed by atoms with E-state index in [2.05, 4.69) is 25.3 Å². The number of anilines is 2. The smallest absolute Gasteiger partial charge is 0.296 e. The number of halogens is 2. The van der Waals surface area contributed by atoms with Crippen LogP contribution in [0.2, 0.25) is 0 Å². The molecule has 1 aromatic carbocycles. The molecule has 2 saturated heterocycles. The summed E-state index contributed by atoms with van der Waals surface area (Å²) in [6.07, 6.45) is -1.19. The summed E-state index contributed by atoms with van der Waals surface area (Å²) < 4.78 is 65.4. The monoisotopic (exact) mass is 524 g/mol. The Hall–Kier alpha value is -3.17. The molecule has 0 bridgehead atoms. The van der Waals surface area contributed by atoms with E-state index in [0.29, 0.717) is 56.5 Å². The molecule has 2 aromatic heterocycles. The highest BCUT2D eigenvalue weighted by atomic mass is 32.2. The van der Waals surface area contributed by atoms with E-state index in [4.69, 9.17) is 9.47 Å². The van der Waals surface area contributed by atoms with E-state index < -0.39 is 22.3 Å². The van der Waals surface area contributed by atoms with E-state index in [-0.39, 0.29) is 30.0 Å². The summed E-state index contributed by atoms with van der Waals surface area (Å²) in [6, 6.07) is 4.71. The van der Waals surface area contributed by atoms with Gasteiger partial charge < -0.3 is 19.7 Å². The molecule has 0 amide bonds. The van der Waals surface area contributed by atoms with Crippen molar-refractivity contribution >= 4 is 33.0 Å². The average molecular weight is 525 g/mol. The van der Waals surface area contributed by atoms with Crippen LogP contribution in [-0.4, -0.2) is 96.0 Å². The quantitative estimate of drug-likeness (QED) is 0.485. The number of para-hydroxylation sites is 1. The van der Waals surface area contributed by atoms with Gasteiger partial charge in [-0.15, -0.1) is 0 Å². The number of benzene rings is 1. The van der Waals surface area contributed by atoms with Crippen LogP contribution >= 0.6 is 0 Å². The third kappa shape index (κ3) is 4.77. The Labute approximate surface area is 206 Å². The summed E-state index contributed by atoms with van der Waals surface area (Å²) in [6.45, 7) is 2.61. The molecule has 0 aliphatic carbocycles. The molecule has 0 spiro atoms. The highest BCUT2D eigenvalue weighted by Gasteiger charge is 2.30. The third-order valence-electron chi connectivity index (χ3n) is 6.15. The molecule has 2 aliphatic heterocycles. The maximum Gasteiger partial charge on any atom is 0.296 e. The maximum absolute atomic E-state index is 14.1. The van der Waals surface area contributed by atoms with Crippen LogP contribution in [0.15, 0.2) is 18.2 Å². The number of nitrogens with one attached hydrogen (secondary N) is 1. The highest BCUT2D eigenvalue weighted by Crippen LogP contribution is 2.32. The molecule has 36 heavy (non-hydrogen) atoms. The lowest BCUT2D eigenvalue weighted by Crippen LogP contribution is -2.38. The van der Waals surface area contributed by atoms with Crippen molar-refractivity contribution in [2.75, 3.05) is 63.0 Å². The molecule has 2 fully saturated rings. The van der Waals surface area contributed by atoms with Crippen molar-refractivity contribution in [3.63, 3.8) is 0 Å². The minimum Gasteiger partial charge on any atom is -0.494 e. The van der Waals surface area contributed by atoms with Gasteiger partial charge in [0.2, 0.25) is 27.9 Å². The van der Waals surface area contributed by atoms with Gasteiger partial charge in [0.1, 0.15) is 11.3 Å². The standard InChI is InChI=1S/C21H26F2N8O4S/c1-34-15-5-3-4-14-16(15)25-18(17(22)23)31(14)21-27-19(24-13-6-7-30(12-13)36(2,32)33)26-20(28-21)29-8-10-35-11-9-29/h3-5,13,17H,6-12H2,1-2H3,(H,24,26,27,28). The van der Waals surface area contributed by atoms with Crippen LogP contribution in [0.5, 0.6) is 5.75 Å². The molecule has 1 N–H and O–H groups in total. The second-order valence-corrected chi connectivity index (χ2v) is 10.5. The van der Waals surface area contributed by atoms with Crippen molar-refractivity contribution in [2.24, 2.45) is 0 Å². The molecule has 194 valence electrons. The molecular formula is C21H26F2N8O4S. The lowest BCUT2D eigenvalue weighted by Gasteiger charge is -2.27. The molecule has 12 nitrogen and oxygen atoms in total. The number of morpholine rings is 1. The first-order valence-electron chi connectivity index (χ1n) is 11.4. The molecule has 2 aliphatic rings. The fourth-order valence-electron chi connectivity index (χ4n) is 4.37. The first-order chi connectivity index (χ1) is 17.2. The molecule has 1 atom stereocenters. The first-order valence-corrected chi connectivity index (χ1v) is 13.2. The van der Waals surface area contributed by atoms with Crippen LogP contribution in [0.4, 0.5) is 20.7 Å². The maximum atomic E-state index is 14.1. The minimum atomic E-state index is -3.33. The van der Waals surface area contributed by atoms with E-state index >= 15 is 0 Å². The second kappa shape index (κ2) is 9.71. The van der Waals surface area contributed by atoms with Gasteiger partial charge in [0.15, 0.2) is 5.82 Å². The second-order valence-electron chi connectivity index (χ2n) is 8.54. The largest absolute Gasteiger partial charge is 0.494 e. The van der Waals surface area contributed by atoms with Crippen LogP contribution in [-0.2, 0) is 14.8 Å². The number of alkyl halides is 2. The number of nitrogens with zero attached hydrogens (tertiary/aromatic N) is 7. The number of aromatic nitrogens is 5. The van der Waals surface area contributed by atoms with Gasteiger partial charge in [-0.25, -0.2) is 26.5 Å². The van der Waals surface area contributed by atoms with Gasteiger partial charge in [0.05, 0.1) is 32.1 Å².